The second-order valence-electron chi connectivity index (χ2n) is 9.74. The summed E-state index contributed by atoms with van der Waals surface area (Å²) in [6.07, 6.45) is 1.24. The van der Waals surface area contributed by atoms with E-state index in [1.165, 1.54) is 11.1 Å². The van der Waals surface area contributed by atoms with E-state index in [-0.39, 0.29) is 11.8 Å². The van der Waals surface area contributed by atoms with Gasteiger partial charge in [-0.2, -0.15) is 0 Å². The van der Waals surface area contributed by atoms with Crippen molar-refractivity contribution in [2.24, 2.45) is 0 Å². The molecule has 2 aromatic rings. The zero-order chi connectivity index (χ0) is 23.7. The third-order valence-electron chi connectivity index (χ3n) is 7.46. The Morgan fingerprint density at radius 2 is 1.65 bits per heavy atom. The summed E-state index contributed by atoms with van der Waals surface area (Å²) in [5.74, 6) is 0.139. The van der Waals surface area contributed by atoms with Gasteiger partial charge in [0.1, 0.15) is 0 Å². The smallest absolute Gasteiger partial charge is 0.254 e. The third-order valence-corrected chi connectivity index (χ3v) is 7.46. The summed E-state index contributed by atoms with van der Waals surface area (Å²) in [6, 6.07) is 14.6. The summed E-state index contributed by atoms with van der Waals surface area (Å²) in [4.78, 5) is 33.0. The van der Waals surface area contributed by atoms with Crippen LogP contribution in [0.15, 0.2) is 42.5 Å². The number of amides is 2. The maximum Gasteiger partial charge on any atom is 0.254 e. The van der Waals surface area contributed by atoms with Crippen LogP contribution in [0.25, 0.3) is 0 Å². The molecule has 0 bridgehead atoms. The van der Waals surface area contributed by atoms with Gasteiger partial charge in [-0.1, -0.05) is 24.3 Å². The average molecular weight is 463 g/mol. The van der Waals surface area contributed by atoms with Crippen LogP contribution in [0.4, 0.5) is 5.69 Å². The van der Waals surface area contributed by atoms with E-state index in [0.717, 1.165) is 68.9 Å². The standard InChI is InChI=1S/C27H34N4O3/c1-20(32)29-12-14-30(15-13-29)24-6-7-26-22(16-24)9-11-31(27(26)34)19-25(33)18-28-10-8-21-4-2-3-5-23(21)17-28/h2-7,16,25,33H,8-15,17-19H2,1H3/t25-/m1/s1. The molecule has 0 saturated carbocycles. The molecule has 0 aliphatic carbocycles. The van der Waals surface area contributed by atoms with E-state index >= 15 is 0 Å². The number of aliphatic hydroxyl groups excluding tert-OH is 1. The minimum Gasteiger partial charge on any atom is -0.390 e. The lowest BCUT2D eigenvalue weighted by molar-refractivity contribution is -0.129. The molecule has 1 fully saturated rings. The van der Waals surface area contributed by atoms with E-state index in [2.05, 4.69) is 40.1 Å². The van der Waals surface area contributed by atoms with Gasteiger partial charge >= 0.3 is 0 Å². The number of aliphatic hydroxyl groups is 1. The highest BCUT2D eigenvalue weighted by Gasteiger charge is 2.28. The highest BCUT2D eigenvalue weighted by Crippen LogP contribution is 2.26. The van der Waals surface area contributed by atoms with E-state index in [0.29, 0.717) is 19.6 Å². The zero-order valence-corrected chi connectivity index (χ0v) is 19.9. The Morgan fingerprint density at radius 3 is 2.41 bits per heavy atom. The molecule has 0 aromatic heterocycles. The molecule has 0 spiro atoms. The highest BCUT2D eigenvalue weighted by atomic mass is 16.3. The van der Waals surface area contributed by atoms with Crippen LogP contribution in [0.3, 0.4) is 0 Å². The minimum atomic E-state index is -0.562. The van der Waals surface area contributed by atoms with E-state index < -0.39 is 6.10 Å². The number of β-amino-alcohol motifs (C(OH)–C–C–N with tert-alkyl or cyclic N) is 1. The number of carbonyl (C=O) groups excluding carboxylic acids is 2. The highest BCUT2D eigenvalue weighted by molar-refractivity contribution is 5.97. The van der Waals surface area contributed by atoms with Gasteiger partial charge in [-0.05, 0) is 47.7 Å². The average Bonchev–Trinajstić information content (AvgIpc) is 2.85. The number of nitrogens with zero attached hydrogens (tertiary/aromatic N) is 4. The van der Waals surface area contributed by atoms with Gasteiger partial charge in [0.25, 0.3) is 5.91 Å². The van der Waals surface area contributed by atoms with Crippen molar-refractivity contribution in [1.82, 2.24) is 14.7 Å². The topological polar surface area (TPSA) is 67.3 Å². The predicted octanol–water partition coefficient (Wildman–Crippen LogP) is 1.77. The Bertz CT molecular complexity index is 1060. The van der Waals surface area contributed by atoms with E-state index in [9.17, 15) is 14.7 Å². The van der Waals surface area contributed by atoms with Crippen molar-refractivity contribution >= 4 is 17.5 Å². The van der Waals surface area contributed by atoms with Crippen molar-refractivity contribution in [3.8, 4) is 0 Å². The number of piperazine rings is 1. The quantitative estimate of drug-likeness (QED) is 0.734. The molecule has 180 valence electrons. The van der Waals surface area contributed by atoms with Gasteiger partial charge in [0, 0.05) is 77.1 Å². The molecule has 0 unspecified atom stereocenters. The summed E-state index contributed by atoms with van der Waals surface area (Å²) in [7, 11) is 0. The van der Waals surface area contributed by atoms with Crippen molar-refractivity contribution in [3.05, 3.63) is 64.7 Å². The van der Waals surface area contributed by atoms with Gasteiger partial charge in [-0.3, -0.25) is 14.5 Å². The molecular weight excluding hydrogens is 428 g/mol. The molecule has 1 N–H and O–H groups in total. The molecule has 0 radical (unpaired) electrons. The number of carbonyl (C=O) groups is 2. The van der Waals surface area contributed by atoms with Crippen LogP contribution in [-0.4, -0.2) is 90.1 Å². The van der Waals surface area contributed by atoms with Crippen LogP contribution >= 0.6 is 0 Å². The Hall–Kier alpha value is -2.90. The Balaban J connectivity index is 1.17. The number of hydrogen-bond acceptors (Lipinski definition) is 5. The van der Waals surface area contributed by atoms with Gasteiger partial charge in [0.05, 0.1) is 6.10 Å². The lowest BCUT2D eigenvalue weighted by Gasteiger charge is -2.37. The van der Waals surface area contributed by atoms with Gasteiger partial charge < -0.3 is 19.8 Å². The van der Waals surface area contributed by atoms with Crippen LogP contribution in [-0.2, 0) is 24.2 Å². The van der Waals surface area contributed by atoms with E-state index in [1.807, 2.05) is 17.0 Å². The van der Waals surface area contributed by atoms with Crippen LogP contribution < -0.4 is 4.90 Å². The van der Waals surface area contributed by atoms with E-state index in [1.54, 1.807) is 11.8 Å². The lowest BCUT2D eigenvalue weighted by Crippen LogP contribution is -2.48. The summed E-state index contributed by atoms with van der Waals surface area (Å²) in [5.41, 5.74) is 5.68. The fourth-order valence-electron chi connectivity index (χ4n) is 5.49. The summed E-state index contributed by atoms with van der Waals surface area (Å²) >= 11 is 0. The summed E-state index contributed by atoms with van der Waals surface area (Å²) in [6.45, 7) is 8.08. The van der Waals surface area contributed by atoms with Crippen molar-refractivity contribution in [1.29, 1.82) is 0 Å². The Kier molecular flexibility index (Phi) is 6.57. The van der Waals surface area contributed by atoms with Crippen LogP contribution in [0.1, 0.15) is 34.0 Å². The van der Waals surface area contributed by atoms with Crippen LogP contribution in [0, 0.1) is 0 Å². The first-order valence-electron chi connectivity index (χ1n) is 12.4. The second-order valence-corrected chi connectivity index (χ2v) is 9.74. The molecule has 1 atom stereocenters. The zero-order valence-electron chi connectivity index (χ0n) is 19.9. The molecule has 2 amide bonds. The lowest BCUT2D eigenvalue weighted by atomic mass is 9.97. The minimum absolute atomic E-state index is 0.0113. The Labute approximate surface area is 201 Å². The van der Waals surface area contributed by atoms with Crippen molar-refractivity contribution in [2.75, 3.05) is 57.3 Å². The Morgan fingerprint density at radius 1 is 0.912 bits per heavy atom. The number of rotatable bonds is 5. The second kappa shape index (κ2) is 9.76. The summed E-state index contributed by atoms with van der Waals surface area (Å²) < 4.78 is 0. The normalized spacial score (nSPS) is 19.6. The molecular formula is C27H34N4O3. The molecule has 1 saturated heterocycles. The molecule has 7 nitrogen and oxygen atoms in total. The maximum absolute atomic E-state index is 13.2. The molecule has 3 aliphatic rings. The summed E-state index contributed by atoms with van der Waals surface area (Å²) in [5, 5.41) is 10.8. The number of anilines is 1. The third kappa shape index (κ3) is 4.81. The largest absolute Gasteiger partial charge is 0.390 e. The molecule has 2 aromatic carbocycles. The van der Waals surface area contributed by atoms with Crippen molar-refractivity contribution in [3.63, 3.8) is 0 Å². The SMILES string of the molecule is CC(=O)N1CCN(c2ccc3c(c2)CCN(C[C@H](O)CN2CCc4ccccc4C2)C3=O)CC1. The van der Waals surface area contributed by atoms with Gasteiger partial charge in [-0.25, -0.2) is 0 Å². The first-order chi connectivity index (χ1) is 16.5. The van der Waals surface area contributed by atoms with Crippen LogP contribution in [0.5, 0.6) is 0 Å². The fraction of sp³-hybridized carbons (Fsp3) is 0.481. The van der Waals surface area contributed by atoms with E-state index in [4.69, 9.17) is 0 Å². The van der Waals surface area contributed by atoms with Crippen LogP contribution in [0.2, 0.25) is 0 Å². The maximum atomic E-state index is 13.2. The first kappa shape index (κ1) is 22.9. The molecule has 3 heterocycles. The fourth-order valence-corrected chi connectivity index (χ4v) is 5.49. The number of benzene rings is 2. The number of fused-ring (bicyclic) bond motifs is 2. The predicted molar refractivity (Wildman–Crippen MR) is 132 cm³/mol. The molecule has 7 heteroatoms. The number of hydrogen-bond donors (Lipinski definition) is 1. The van der Waals surface area contributed by atoms with Gasteiger partial charge in [0.2, 0.25) is 5.91 Å². The van der Waals surface area contributed by atoms with Gasteiger partial charge in [-0.15, -0.1) is 0 Å². The van der Waals surface area contributed by atoms with Gasteiger partial charge in [0.15, 0.2) is 0 Å². The molecule has 3 aliphatic heterocycles. The monoisotopic (exact) mass is 462 g/mol. The van der Waals surface area contributed by atoms with Crippen molar-refractivity contribution in [2.45, 2.75) is 32.4 Å². The first-order valence-corrected chi connectivity index (χ1v) is 12.4. The molecule has 34 heavy (non-hydrogen) atoms. The van der Waals surface area contributed by atoms with Crippen molar-refractivity contribution < 1.29 is 14.7 Å². The molecule has 5 rings (SSSR count).